The number of benzene rings is 1. The van der Waals surface area contributed by atoms with E-state index in [0.717, 1.165) is 31.7 Å². The van der Waals surface area contributed by atoms with Crippen LogP contribution in [0.15, 0.2) is 23.1 Å². The van der Waals surface area contributed by atoms with Gasteiger partial charge in [-0.25, -0.2) is 12.8 Å². The van der Waals surface area contributed by atoms with Crippen LogP contribution in [0.25, 0.3) is 0 Å². The maximum atomic E-state index is 13.9. The smallest absolute Gasteiger partial charge is 0.246 e. The van der Waals surface area contributed by atoms with Gasteiger partial charge in [-0.3, -0.25) is 0 Å². The molecule has 104 valence electrons. The number of hydrogen-bond acceptors (Lipinski definition) is 3. The quantitative estimate of drug-likeness (QED) is 0.841. The van der Waals surface area contributed by atoms with Gasteiger partial charge in [-0.1, -0.05) is 0 Å². The molecule has 0 saturated heterocycles. The van der Waals surface area contributed by atoms with E-state index in [4.69, 9.17) is 5.73 Å². The molecule has 0 aromatic heterocycles. The lowest BCUT2D eigenvalue weighted by Gasteiger charge is -2.22. The van der Waals surface area contributed by atoms with Crippen LogP contribution in [-0.2, 0) is 10.0 Å². The second-order valence-electron chi connectivity index (χ2n) is 5.44. The third-order valence-corrected chi connectivity index (χ3v) is 5.58. The molecule has 1 aromatic rings. The van der Waals surface area contributed by atoms with Crippen molar-refractivity contribution in [1.29, 1.82) is 0 Å². The van der Waals surface area contributed by atoms with Crippen LogP contribution in [0.2, 0.25) is 0 Å². The van der Waals surface area contributed by atoms with Gasteiger partial charge in [-0.2, -0.15) is 4.31 Å². The van der Waals surface area contributed by atoms with Gasteiger partial charge in [0, 0.05) is 18.3 Å². The van der Waals surface area contributed by atoms with Crippen molar-refractivity contribution in [2.45, 2.75) is 36.6 Å². The van der Waals surface area contributed by atoms with Crippen molar-refractivity contribution in [2.24, 2.45) is 5.92 Å². The Morgan fingerprint density at radius 2 is 1.95 bits per heavy atom. The summed E-state index contributed by atoms with van der Waals surface area (Å²) >= 11 is 0. The van der Waals surface area contributed by atoms with Crippen molar-refractivity contribution >= 4 is 15.7 Å². The molecule has 2 saturated carbocycles. The Bertz CT molecular complexity index is 595. The topological polar surface area (TPSA) is 63.4 Å². The lowest BCUT2D eigenvalue weighted by molar-refractivity contribution is 0.386. The van der Waals surface area contributed by atoms with Crippen LogP contribution in [0.3, 0.4) is 0 Å². The Morgan fingerprint density at radius 3 is 2.47 bits per heavy atom. The Balaban J connectivity index is 1.94. The molecule has 6 heteroatoms. The van der Waals surface area contributed by atoms with Crippen molar-refractivity contribution in [3.63, 3.8) is 0 Å². The van der Waals surface area contributed by atoms with Crippen LogP contribution in [0.5, 0.6) is 0 Å². The second-order valence-corrected chi connectivity index (χ2v) is 7.30. The van der Waals surface area contributed by atoms with Crippen molar-refractivity contribution in [1.82, 2.24) is 4.31 Å². The minimum atomic E-state index is -3.74. The van der Waals surface area contributed by atoms with E-state index in [1.54, 1.807) is 0 Å². The van der Waals surface area contributed by atoms with E-state index >= 15 is 0 Å². The van der Waals surface area contributed by atoms with Gasteiger partial charge in [0.2, 0.25) is 10.0 Å². The molecule has 3 rings (SSSR count). The zero-order valence-electron chi connectivity index (χ0n) is 10.5. The van der Waals surface area contributed by atoms with Gasteiger partial charge >= 0.3 is 0 Å². The highest BCUT2D eigenvalue weighted by atomic mass is 32.2. The number of sulfonamides is 1. The number of nitrogens with two attached hydrogens (primary N) is 1. The van der Waals surface area contributed by atoms with Gasteiger partial charge < -0.3 is 5.73 Å². The highest BCUT2D eigenvalue weighted by molar-refractivity contribution is 7.89. The minimum absolute atomic E-state index is 0.0579. The van der Waals surface area contributed by atoms with Gasteiger partial charge in [0.1, 0.15) is 10.7 Å². The predicted molar refractivity (Wildman–Crippen MR) is 70.5 cm³/mol. The van der Waals surface area contributed by atoms with E-state index < -0.39 is 15.8 Å². The maximum absolute atomic E-state index is 13.9. The van der Waals surface area contributed by atoms with Crippen LogP contribution in [0.1, 0.15) is 25.7 Å². The molecular formula is C13H17FN2O2S. The van der Waals surface area contributed by atoms with Crippen LogP contribution in [-0.4, -0.2) is 25.3 Å². The van der Waals surface area contributed by atoms with Gasteiger partial charge in [-0.05, 0) is 49.8 Å². The Labute approximate surface area is 112 Å². The summed E-state index contributed by atoms with van der Waals surface area (Å²) in [5.74, 6) is -0.311. The minimum Gasteiger partial charge on any atom is -0.399 e. The summed E-state index contributed by atoms with van der Waals surface area (Å²) in [4.78, 5) is -0.255. The molecule has 0 bridgehead atoms. The zero-order chi connectivity index (χ0) is 13.6. The molecule has 0 heterocycles. The fourth-order valence-electron chi connectivity index (χ4n) is 2.21. The molecule has 19 heavy (non-hydrogen) atoms. The Hall–Kier alpha value is -1.14. The van der Waals surface area contributed by atoms with E-state index in [-0.39, 0.29) is 16.6 Å². The molecule has 0 spiro atoms. The molecule has 0 atom stereocenters. The fraction of sp³-hybridized carbons (Fsp3) is 0.538. The van der Waals surface area contributed by atoms with E-state index in [9.17, 15) is 12.8 Å². The van der Waals surface area contributed by atoms with Gasteiger partial charge in [0.15, 0.2) is 0 Å². The Morgan fingerprint density at radius 1 is 1.26 bits per heavy atom. The summed E-state index contributed by atoms with van der Waals surface area (Å²) in [6.07, 6.45) is 3.90. The van der Waals surface area contributed by atoms with Gasteiger partial charge in [0.05, 0.1) is 0 Å². The third kappa shape index (κ3) is 2.60. The summed E-state index contributed by atoms with van der Waals surface area (Å²) < 4.78 is 40.5. The van der Waals surface area contributed by atoms with Crippen LogP contribution in [0.4, 0.5) is 10.1 Å². The fourth-order valence-corrected chi connectivity index (χ4v) is 4.02. The van der Waals surface area contributed by atoms with Crippen LogP contribution < -0.4 is 5.73 Å². The molecule has 0 unspecified atom stereocenters. The number of hydrogen-bond donors (Lipinski definition) is 1. The molecule has 0 amide bonds. The standard InChI is InChI=1S/C13H17FN2O2S/c14-12-7-10(15)3-6-13(12)19(17,18)16(11-4-5-11)8-9-1-2-9/h3,6-7,9,11H,1-2,4-5,8,15H2. The van der Waals surface area contributed by atoms with Crippen molar-refractivity contribution < 1.29 is 12.8 Å². The average Bonchev–Trinajstić information content (AvgIpc) is 3.19. The average molecular weight is 284 g/mol. The molecule has 0 aliphatic heterocycles. The largest absolute Gasteiger partial charge is 0.399 e. The lowest BCUT2D eigenvalue weighted by atomic mass is 10.3. The first-order chi connectivity index (χ1) is 8.98. The van der Waals surface area contributed by atoms with Crippen LogP contribution in [0, 0.1) is 11.7 Å². The SMILES string of the molecule is Nc1ccc(S(=O)(=O)N(CC2CC2)C2CC2)c(F)c1. The predicted octanol–water partition coefficient (Wildman–Crippen LogP) is 1.97. The molecule has 2 fully saturated rings. The number of rotatable bonds is 5. The molecular weight excluding hydrogens is 267 g/mol. The number of halogens is 1. The summed E-state index contributed by atoms with van der Waals surface area (Å²) in [5, 5.41) is 0. The van der Waals surface area contributed by atoms with Gasteiger partial charge in [0.25, 0.3) is 0 Å². The summed E-state index contributed by atoms with van der Waals surface area (Å²) in [5.41, 5.74) is 5.69. The van der Waals surface area contributed by atoms with E-state index in [1.807, 2.05) is 0 Å². The van der Waals surface area contributed by atoms with Gasteiger partial charge in [-0.15, -0.1) is 0 Å². The van der Waals surface area contributed by atoms with Crippen LogP contribution >= 0.6 is 0 Å². The first kappa shape index (κ1) is 12.9. The molecule has 0 radical (unpaired) electrons. The molecule has 4 nitrogen and oxygen atoms in total. The normalized spacial score (nSPS) is 19.9. The number of nitrogens with zero attached hydrogens (tertiary/aromatic N) is 1. The summed E-state index contributed by atoms with van der Waals surface area (Å²) in [6.45, 7) is 0.525. The van der Waals surface area contributed by atoms with E-state index in [2.05, 4.69) is 0 Å². The third-order valence-electron chi connectivity index (χ3n) is 3.63. The monoisotopic (exact) mass is 284 g/mol. The van der Waals surface area contributed by atoms with Crippen molar-refractivity contribution in [3.8, 4) is 0 Å². The maximum Gasteiger partial charge on any atom is 0.246 e. The second kappa shape index (κ2) is 4.45. The first-order valence-corrected chi connectivity index (χ1v) is 7.99. The molecule has 2 aliphatic carbocycles. The summed E-state index contributed by atoms with van der Waals surface area (Å²) in [6, 6.07) is 3.82. The zero-order valence-corrected chi connectivity index (χ0v) is 11.4. The first-order valence-electron chi connectivity index (χ1n) is 6.55. The Kier molecular flexibility index (Phi) is 3.02. The molecule has 1 aromatic carbocycles. The van der Waals surface area contributed by atoms with Crippen molar-refractivity contribution in [3.05, 3.63) is 24.0 Å². The highest BCUT2D eigenvalue weighted by Crippen LogP contribution is 2.38. The van der Waals surface area contributed by atoms with E-state index in [1.165, 1.54) is 16.4 Å². The number of anilines is 1. The number of nitrogen functional groups attached to an aromatic ring is 1. The van der Waals surface area contributed by atoms with Crippen molar-refractivity contribution in [2.75, 3.05) is 12.3 Å². The van der Waals surface area contributed by atoms with E-state index in [0.29, 0.717) is 12.5 Å². The molecule has 2 aliphatic rings. The molecule has 2 N–H and O–H groups in total. The highest BCUT2D eigenvalue weighted by Gasteiger charge is 2.41. The summed E-state index contributed by atoms with van der Waals surface area (Å²) in [7, 11) is -3.74. The lowest BCUT2D eigenvalue weighted by Crippen LogP contribution is -2.35.